The predicted molar refractivity (Wildman–Crippen MR) is 449 cm³/mol. The Morgan fingerprint density at radius 3 is 0.636 bits per heavy atom. The molecule has 590 valence electrons. The van der Waals surface area contributed by atoms with E-state index in [-0.39, 0.29) is 126 Å². The minimum atomic E-state index is -1.19. The highest BCUT2D eigenvalue weighted by Crippen LogP contribution is 2.55. The number of hydrogen-bond donors (Lipinski definition) is 20. The number of phenolic OH excluding ortho intramolecular Hbond substituents is 20. The Bertz CT molecular complexity index is 5850. The molecule has 118 heavy (non-hydrogen) atoms. The van der Waals surface area contributed by atoms with Gasteiger partial charge in [-0.3, -0.25) is 0 Å². The van der Waals surface area contributed by atoms with Gasteiger partial charge in [0, 0.05) is 44.5 Å². The normalized spacial score (nSPS) is 10.9. The van der Waals surface area contributed by atoms with Crippen LogP contribution in [0.5, 0.6) is 115 Å². The number of phenols is 20. The molecule has 16 aromatic carbocycles. The van der Waals surface area contributed by atoms with Crippen LogP contribution >= 0.6 is 0 Å². The summed E-state index contributed by atoms with van der Waals surface area (Å²) in [6.07, 6.45) is 0. The smallest absolute Gasteiger partial charge is 0.165 e. The van der Waals surface area contributed by atoms with Gasteiger partial charge < -0.3 is 102 Å². The second-order valence-corrected chi connectivity index (χ2v) is 26.9. The summed E-state index contributed by atoms with van der Waals surface area (Å²) in [4.78, 5) is 0. The molecule has 20 N–H and O–H groups in total. The van der Waals surface area contributed by atoms with Gasteiger partial charge in [-0.05, 0) is 134 Å². The van der Waals surface area contributed by atoms with Crippen molar-refractivity contribution in [2.75, 3.05) is 0 Å². The molecule has 16 rings (SSSR count). The summed E-state index contributed by atoms with van der Waals surface area (Å²) in [6.45, 7) is 0. The minimum absolute atomic E-state index is 0.192. The number of rotatable bonds is 13. The molecular formula is C98H78O20. The lowest BCUT2D eigenvalue weighted by molar-refractivity contribution is 0.386. The van der Waals surface area contributed by atoms with Gasteiger partial charge in [0.15, 0.2) is 115 Å². The largest absolute Gasteiger partial charge is 0.504 e. The van der Waals surface area contributed by atoms with Crippen molar-refractivity contribution in [2.24, 2.45) is 0 Å². The molecule has 0 saturated heterocycles. The Morgan fingerprint density at radius 2 is 0.347 bits per heavy atom. The summed E-state index contributed by atoms with van der Waals surface area (Å²) >= 11 is 0. The maximum absolute atomic E-state index is 10.9. The highest BCUT2D eigenvalue weighted by molar-refractivity contribution is 5.90. The first-order valence-electron chi connectivity index (χ1n) is 36.4. The molecule has 0 unspecified atom stereocenters. The van der Waals surface area contributed by atoms with Crippen molar-refractivity contribution in [2.45, 2.75) is 10.8 Å². The Hall–Kier alpha value is -16.5. The average molecular weight is 1580 g/mol. The SMILES string of the molecule is Oc1ccc(C(c2ccccc2)(c2ccccc2)c2ccc(O)c(O)c2)cc1O.Oc1cccc(-c2cccc(-c3cccc(O)c3O)c2)c1O.Oc1cccc(-c2cccc(O)c2O)c1O.Oc1cccc(-c2ccccc2-c2cccc(O)c2O)c1O.Oc1cccc(C(c2ccccc2)(c2ccccc2)c2cccc(O)c2O)c1O. The van der Waals surface area contributed by atoms with Gasteiger partial charge in [0.05, 0.1) is 10.8 Å². The monoisotopic (exact) mass is 1570 g/mol. The lowest BCUT2D eigenvalue weighted by Crippen LogP contribution is -2.31. The molecule has 0 saturated carbocycles. The third-order valence-electron chi connectivity index (χ3n) is 19.9. The van der Waals surface area contributed by atoms with Crippen molar-refractivity contribution < 1.29 is 102 Å². The van der Waals surface area contributed by atoms with Crippen LogP contribution in [0.2, 0.25) is 0 Å². The van der Waals surface area contributed by atoms with E-state index in [1.165, 1.54) is 97.1 Å². The summed E-state index contributed by atoms with van der Waals surface area (Å²) in [5, 5.41) is 199. The second kappa shape index (κ2) is 35.5. The van der Waals surface area contributed by atoms with Crippen LogP contribution in [0.15, 0.2) is 352 Å². The van der Waals surface area contributed by atoms with E-state index in [2.05, 4.69) is 0 Å². The molecule has 0 aromatic heterocycles. The molecule has 20 heteroatoms. The number of para-hydroxylation sites is 8. The fourth-order valence-electron chi connectivity index (χ4n) is 14.2. The fourth-order valence-corrected chi connectivity index (χ4v) is 14.2. The quantitative estimate of drug-likeness (QED) is 0.0376. The van der Waals surface area contributed by atoms with Gasteiger partial charge in [0.2, 0.25) is 0 Å². The zero-order valence-electron chi connectivity index (χ0n) is 62.4. The van der Waals surface area contributed by atoms with Crippen LogP contribution in [0.4, 0.5) is 0 Å². The standard InChI is InChI=1S/2C25H20O4.2C18H14O4.C12H10O4/c26-21-15-7-13-19(23(21)28)25(17-9-3-1-4-10-17,18-11-5-2-6-12-18)20-14-8-16-22(27)24(20)29;26-21-13-11-19(15-23(21)28)25(17-7-3-1-4-8-17,18-9-5-2-6-10-18)20-12-14-22(27)24(29)16-20;19-15-8-2-6-13(17(15)21)11-4-1-5-12(10-11)14-7-3-9-16(20)18(14)22;19-15-9-3-7-13(17(15)21)11-5-1-2-6-12(11)14-8-4-10-16(20)18(14)22;13-9-5-1-3-7(11(9)15)8-4-2-6-10(14)12(8)16/h2*1-16,26-29H;2*1-10,19-22H;1-6,13-16H. The van der Waals surface area contributed by atoms with E-state index in [0.717, 1.165) is 22.3 Å². The van der Waals surface area contributed by atoms with Crippen LogP contribution in [-0.2, 0) is 10.8 Å². The van der Waals surface area contributed by atoms with Crippen LogP contribution in [0.1, 0.15) is 44.5 Å². The van der Waals surface area contributed by atoms with Crippen molar-refractivity contribution in [3.05, 3.63) is 396 Å². The maximum Gasteiger partial charge on any atom is 0.165 e. The average Bonchev–Trinajstić information content (AvgIpc) is 0.699. The molecule has 0 aliphatic rings. The predicted octanol–water partition coefficient (Wildman–Crippen LogP) is 19.6. The highest BCUT2D eigenvalue weighted by atomic mass is 16.3. The zero-order valence-corrected chi connectivity index (χ0v) is 62.4. The van der Waals surface area contributed by atoms with E-state index in [1.54, 1.807) is 133 Å². The topological polar surface area (TPSA) is 405 Å². The van der Waals surface area contributed by atoms with Gasteiger partial charge in [-0.25, -0.2) is 0 Å². The van der Waals surface area contributed by atoms with Crippen molar-refractivity contribution in [3.63, 3.8) is 0 Å². The third-order valence-corrected chi connectivity index (χ3v) is 19.9. The fraction of sp³-hybridized carbons (Fsp3) is 0.0204. The van der Waals surface area contributed by atoms with Crippen LogP contribution in [0.3, 0.4) is 0 Å². The molecule has 0 spiro atoms. The van der Waals surface area contributed by atoms with Gasteiger partial charge in [0.1, 0.15) is 0 Å². The van der Waals surface area contributed by atoms with E-state index >= 15 is 0 Å². The molecule has 0 aliphatic heterocycles. The summed E-state index contributed by atoms with van der Waals surface area (Å²) < 4.78 is 0. The summed E-state index contributed by atoms with van der Waals surface area (Å²) in [6, 6.07) is 99.1. The van der Waals surface area contributed by atoms with E-state index < -0.39 is 10.8 Å². The second-order valence-electron chi connectivity index (χ2n) is 26.9. The van der Waals surface area contributed by atoms with Crippen LogP contribution in [-0.4, -0.2) is 102 Å². The maximum atomic E-state index is 10.9. The molecule has 0 radical (unpaired) electrons. The summed E-state index contributed by atoms with van der Waals surface area (Å²) in [5.41, 5.74) is 8.44. The molecule has 16 aromatic rings. The molecule has 0 amide bonds. The molecule has 0 atom stereocenters. The molecule has 20 nitrogen and oxygen atoms in total. The summed E-state index contributed by atoms with van der Waals surface area (Å²) in [5.74, 6) is -4.87. The molecular weight excluding hydrogens is 1500 g/mol. The highest BCUT2D eigenvalue weighted by Gasteiger charge is 2.44. The van der Waals surface area contributed by atoms with Crippen molar-refractivity contribution in [3.8, 4) is 171 Å². The first-order valence-corrected chi connectivity index (χ1v) is 36.4. The van der Waals surface area contributed by atoms with E-state index in [1.807, 2.05) is 121 Å². The van der Waals surface area contributed by atoms with Crippen molar-refractivity contribution >= 4 is 0 Å². The Balaban J connectivity index is 0.000000138. The van der Waals surface area contributed by atoms with Gasteiger partial charge >= 0.3 is 0 Å². The van der Waals surface area contributed by atoms with Crippen molar-refractivity contribution in [1.29, 1.82) is 0 Å². The van der Waals surface area contributed by atoms with Crippen LogP contribution in [0.25, 0.3) is 55.6 Å². The first-order chi connectivity index (χ1) is 56.9. The number of benzene rings is 16. The molecule has 0 heterocycles. The Kier molecular flexibility index (Phi) is 24.4. The summed E-state index contributed by atoms with van der Waals surface area (Å²) in [7, 11) is 0. The lowest BCUT2D eigenvalue weighted by Gasteiger charge is -2.37. The van der Waals surface area contributed by atoms with Crippen LogP contribution in [0, 0.1) is 0 Å². The Labute approximate surface area is 676 Å². The van der Waals surface area contributed by atoms with Gasteiger partial charge in [0.25, 0.3) is 0 Å². The Morgan fingerprint density at radius 1 is 0.127 bits per heavy atom. The minimum Gasteiger partial charge on any atom is -0.504 e. The van der Waals surface area contributed by atoms with E-state index in [9.17, 15) is 102 Å². The number of aromatic hydroxyl groups is 20. The van der Waals surface area contributed by atoms with Gasteiger partial charge in [-0.15, -0.1) is 0 Å². The number of hydrogen-bond acceptors (Lipinski definition) is 20. The molecule has 0 aliphatic carbocycles. The van der Waals surface area contributed by atoms with E-state index in [4.69, 9.17) is 0 Å². The molecule has 0 fully saturated rings. The molecule has 0 bridgehead atoms. The van der Waals surface area contributed by atoms with Gasteiger partial charge in [-0.2, -0.15) is 0 Å². The van der Waals surface area contributed by atoms with E-state index in [0.29, 0.717) is 66.8 Å². The lowest BCUT2D eigenvalue weighted by atomic mass is 9.64. The van der Waals surface area contributed by atoms with Gasteiger partial charge in [-0.1, -0.05) is 273 Å². The van der Waals surface area contributed by atoms with Crippen molar-refractivity contribution in [1.82, 2.24) is 0 Å². The zero-order chi connectivity index (χ0) is 84.0. The van der Waals surface area contributed by atoms with Crippen LogP contribution < -0.4 is 0 Å². The first kappa shape index (κ1) is 81.0. The third kappa shape index (κ3) is 16.4.